The van der Waals surface area contributed by atoms with Crippen molar-refractivity contribution < 1.29 is 18.3 Å². The number of halogens is 3. The number of aliphatic hydroxyl groups excluding tert-OH is 1. The van der Waals surface area contributed by atoms with Crippen LogP contribution in [0, 0.1) is 5.92 Å². The fourth-order valence-electron chi connectivity index (χ4n) is 2.61. The average molecular weight is 291 g/mol. The molecule has 0 radical (unpaired) electrons. The fraction of sp³-hybridized carbons (Fsp3) is 0.769. The van der Waals surface area contributed by atoms with Crippen LogP contribution in [0.25, 0.3) is 0 Å². The summed E-state index contributed by atoms with van der Waals surface area (Å²) in [6.45, 7) is 4.67. The molecule has 0 saturated carbocycles. The minimum absolute atomic E-state index is 0.378. The molecule has 1 aromatic rings. The Morgan fingerprint density at radius 3 is 2.55 bits per heavy atom. The van der Waals surface area contributed by atoms with Crippen LogP contribution >= 0.6 is 0 Å². The van der Waals surface area contributed by atoms with Gasteiger partial charge in [-0.1, -0.05) is 0 Å². The number of rotatable bonds is 4. The molecule has 114 valence electrons. The van der Waals surface area contributed by atoms with E-state index in [1.807, 2.05) is 17.8 Å². The topological polar surface area (TPSA) is 41.3 Å². The summed E-state index contributed by atoms with van der Waals surface area (Å²) in [4.78, 5) is 2.11. The largest absolute Gasteiger partial charge is 0.414 e. The summed E-state index contributed by atoms with van der Waals surface area (Å²) < 4.78 is 39.2. The quantitative estimate of drug-likeness (QED) is 0.923. The van der Waals surface area contributed by atoms with Gasteiger partial charge in [-0.05, 0) is 38.8 Å². The van der Waals surface area contributed by atoms with Gasteiger partial charge >= 0.3 is 6.18 Å². The van der Waals surface area contributed by atoms with Crippen molar-refractivity contribution in [1.29, 1.82) is 0 Å². The summed E-state index contributed by atoms with van der Waals surface area (Å²) >= 11 is 0. The minimum Gasteiger partial charge on any atom is -0.383 e. The molecule has 4 nitrogen and oxygen atoms in total. The fourth-order valence-corrected chi connectivity index (χ4v) is 2.61. The second kappa shape index (κ2) is 6.13. The lowest BCUT2D eigenvalue weighted by Crippen LogP contribution is -2.43. The molecule has 1 saturated heterocycles. The maximum atomic E-state index is 12.4. The third-order valence-corrected chi connectivity index (χ3v) is 3.83. The highest BCUT2D eigenvalue weighted by molar-refractivity contribution is 5.03. The smallest absolute Gasteiger partial charge is 0.383 e. The van der Waals surface area contributed by atoms with Gasteiger partial charge in [0.25, 0.3) is 0 Å². The summed E-state index contributed by atoms with van der Waals surface area (Å²) in [7, 11) is 0. The molecule has 0 spiro atoms. The van der Waals surface area contributed by atoms with Crippen molar-refractivity contribution in [2.75, 3.05) is 13.1 Å². The Morgan fingerprint density at radius 1 is 1.40 bits per heavy atom. The van der Waals surface area contributed by atoms with E-state index < -0.39 is 18.2 Å². The number of aliphatic hydroxyl groups is 1. The predicted molar refractivity (Wildman–Crippen MR) is 68.0 cm³/mol. The number of likely N-dealkylation sites (tertiary alicyclic amines) is 1. The van der Waals surface area contributed by atoms with Gasteiger partial charge in [-0.15, -0.1) is 0 Å². The van der Waals surface area contributed by atoms with E-state index in [4.69, 9.17) is 0 Å². The SMILES string of the molecule is CCn1cc(CN2CCC(C(O)C(F)(F)F)CC2)cn1. The highest BCUT2D eigenvalue weighted by Crippen LogP contribution is 2.31. The summed E-state index contributed by atoms with van der Waals surface area (Å²) in [5.74, 6) is -0.676. The van der Waals surface area contributed by atoms with Crippen LogP contribution < -0.4 is 0 Å². The Bertz CT molecular complexity index is 425. The van der Waals surface area contributed by atoms with Gasteiger partial charge in [-0.3, -0.25) is 9.58 Å². The van der Waals surface area contributed by atoms with Crippen LogP contribution in [0.1, 0.15) is 25.3 Å². The number of nitrogens with zero attached hydrogens (tertiary/aromatic N) is 3. The van der Waals surface area contributed by atoms with Crippen LogP contribution in [-0.4, -0.2) is 45.2 Å². The van der Waals surface area contributed by atoms with Crippen LogP contribution in [0.15, 0.2) is 12.4 Å². The highest BCUT2D eigenvalue weighted by atomic mass is 19.4. The molecule has 0 amide bonds. The van der Waals surface area contributed by atoms with Gasteiger partial charge in [-0.2, -0.15) is 18.3 Å². The van der Waals surface area contributed by atoms with Crippen molar-refractivity contribution in [2.24, 2.45) is 5.92 Å². The van der Waals surface area contributed by atoms with Gasteiger partial charge in [0.15, 0.2) is 6.10 Å². The van der Waals surface area contributed by atoms with Crippen LogP contribution in [-0.2, 0) is 13.1 Å². The third kappa shape index (κ3) is 3.73. The minimum atomic E-state index is -4.50. The van der Waals surface area contributed by atoms with E-state index in [0.717, 1.165) is 12.1 Å². The summed E-state index contributed by atoms with van der Waals surface area (Å²) in [6.07, 6.45) is -2.19. The molecule has 2 rings (SSSR count). The first-order valence-electron chi connectivity index (χ1n) is 6.88. The molecule has 1 aliphatic rings. The molecule has 1 aliphatic heterocycles. The average Bonchev–Trinajstić information content (AvgIpc) is 2.85. The Hall–Kier alpha value is -1.08. The van der Waals surface area contributed by atoms with Crippen molar-refractivity contribution >= 4 is 0 Å². The van der Waals surface area contributed by atoms with Crippen molar-refractivity contribution in [3.05, 3.63) is 18.0 Å². The normalized spacial score (nSPS) is 20.2. The molecular formula is C13H20F3N3O. The van der Waals surface area contributed by atoms with Crippen LogP contribution in [0.3, 0.4) is 0 Å². The molecule has 20 heavy (non-hydrogen) atoms. The molecule has 1 fully saturated rings. The first-order valence-corrected chi connectivity index (χ1v) is 6.88. The molecule has 2 heterocycles. The summed E-state index contributed by atoms with van der Waals surface area (Å²) in [5, 5.41) is 13.4. The predicted octanol–water partition coefficient (Wildman–Crippen LogP) is 2.04. The lowest BCUT2D eigenvalue weighted by molar-refractivity contribution is -0.223. The van der Waals surface area contributed by atoms with E-state index in [1.165, 1.54) is 0 Å². The molecule has 1 atom stereocenters. The molecule has 7 heteroatoms. The second-order valence-corrected chi connectivity index (χ2v) is 5.30. The van der Waals surface area contributed by atoms with E-state index >= 15 is 0 Å². The molecule has 1 N–H and O–H groups in total. The van der Waals surface area contributed by atoms with Crippen molar-refractivity contribution in [3.8, 4) is 0 Å². The lowest BCUT2D eigenvalue weighted by atomic mass is 9.91. The number of aromatic nitrogens is 2. The second-order valence-electron chi connectivity index (χ2n) is 5.30. The van der Waals surface area contributed by atoms with Crippen molar-refractivity contribution in [1.82, 2.24) is 14.7 Å². The number of hydrogen-bond acceptors (Lipinski definition) is 3. The number of hydrogen-bond donors (Lipinski definition) is 1. The highest BCUT2D eigenvalue weighted by Gasteiger charge is 2.44. The molecular weight excluding hydrogens is 271 g/mol. The molecule has 1 unspecified atom stereocenters. The molecule has 0 aromatic carbocycles. The van der Waals surface area contributed by atoms with Crippen LogP contribution in [0.5, 0.6) is 0 Å². The Morgan fingerprint density at radius 2 is 2.05 bits per heavy atom. The van der Waals surface area contributed by atoms with Gasteiger partial charge in [0, 0.05) is 24.8 Å². The van der Waals surface area contributed by atoms with Gasteiger partial charge in [0.2, 0.25) is 0 Å². The third-order valence-electron chi connectivity index (χ3n) is 3.83. The van der Waals surface area contributed by atoms with Gasteiger partial charge < -0.3 is 5.11 Å². The Labute approximate surface area is 116 Å². The van der Waals surface area contributed by atoms with E-state index in [1.54, 1.807) is 6.20 Å². The monoisotopic (exact) mass is 291 g/mol. The zero-order valence-electron chi connectivity index (χ0n) is 11.5. The van der Waals surface area contributed by atoms with Crippen molar-refractivity contribution in [3.63, 3.8) is 0 Å². The van der Waals surface area contributed by atoms with Crippen molar-refractivity contribution in [2.45, 2.75) is 45.1 Å². The number of alkyl halides is 3. The number of aryl methyl sites for hydroxylation is 1. The Kier molecular flexibility index (Phi) is 4.70. The van der Waals surface area contributed by atoms with Gasteiger partial charge in [0.05, 0.1) is 6.20 Å². The Balaban J connectivity index is 1.82. The number of piperidine rings is 1. The summed E-state index contributed by atoms with van der Waals surface area (Å²) in [5.41, 5.74) is 1.07. The van der Waals surface area contributed by atoms with E-state index in [-0.39, 0.29) is 0 Å². The van der Waals surface area contributed by atoms with E-state index in [9.17, 15) is 18.3 Å². The van der Waals surface area contributed by atoms with Crippen LogP contribution in [0.4, 0.5) is 13.2 Å². The van der Waals surface area contributed by atoms with Crippen LogP contribution in [0.2, 0.25) is 0 Å². The van der Waals surface area contributed by atoms with Gasteiger partial charge in [0.1, 0.15) is 0 Å². The lowest BCUT2D eigenvalue weighted by Gasteiger charge is -2.34. The zero-order valence-corrected chi connectivity index (χ0v) is 11.5. The summed E-state index contributed by atoms with van der Waals surface area (Å²) in [6, 6.07) is 0. The first kappa shape index (κ1) is 15.3. The maximum Gasteiger partial charge on any atom is 0.414 e. The van der Waals surface area contributed by atoms with Gasteiger partial charge in [-0.25, -0.2) is 0 Å². The maximum absolute atomic E-state index is 12.4. The molecule has 0 aliphatic carbocycles. The molecule has 1 aromatic heterocycles. The van der Waals surface area contributed by atoms with E-state index in [0.29, 0.717) is 32.5 Å². The molecule has 0 bridgehead atoms. The van der Waals surface area contributed by atoms with E-state index in [2.05, 4.69) is 10.00 Å². The zero-order chi connectivity index (χ0) is 14.8. The standard InChI is InChI=1S/C13H20F3N3O/c1-2-19-9-10(7-17-19)8-18-5-3-11(4-6-18)12(20)13(14,15)16/h7,9,11-12,20H,2-6,8H2,1H3. The first-order chi connectivity index (χ1) is 9.40.